The van der Waals surface area contributed by atoms with Gasteiger partial charge in [0.15, 0.2) is 0 Å². The van der Waals surface area contributed by atoms with Crippen LogP contribution in [0, 0.1) is 16.2 Å². The Morgan fingerprint density at radius 1 is 0.850 bits per heavy atom. The SMILES string of the molecule is CCC(C)(CC(C)(CC(C)(C)C(N)=O)C(=O)NCCCCCNC(=O)CN=[N+]=[N-])C(=O)NCCOCCCCO. The van der Waals surface area contributed by atoms with E-state index < -0.39 is 22.2 Å². The molecule has 4 amide bonds. The van der Waals surface area contributed by atoms with Crippen LogP contribution in [-0.4, -0.2) is 74.7 Å². The summed E-state index contributed by atoms with van der Waals surface area (Å²) in [6.07, 6.45) is 4.43. The van der Waals surface area contributed by atoms with Crippen molar-refractivity contribution in [3.63, 3.8) is 0 Å². The van der Waals surface area contributed by atoms with Crippen molar-refractivity contribution in [2.45, 2.75) is 86.0 Å². The third-order valence-corrected chi connectivity index (χ3v) is 7.12. The van der Waals surface area contributed by atoms with Gasteiger partial charge in [0.25, 0.3) is 0 Å². The van der Waals surface area contributed by atoms with Crippen LogP contribution in [0.4, 0.5) is 0 Å². The molecule has 0 heterocycles. The molecule has 2 unspecified atom stereocenters. The van der Waals surface area contributed by atoms with Crippen molar-refractivity contribution in [2.75, 3.05) is 46.0 Å². The number of carbonyl (C=O) groups excluding carboxylic acids is 4. The van der Waals surface area contributed by atoms with Gasteiger partial charge in [0.2, 0.25) is 23.6 Å². The first kappa shape index (κ1) is 37.1. The lowest BCUT2D eigenvalue weighted by atomic mass is 9.64. The number of nitrogens with two attached hydrogens (primary N) is 1. The van der Waals surface area contributed by atoms with E-state index >= 15 is 0 Å². The van der Waals surface area contributed by atoms with E-state index in [2.05, 4.69) is 26.0 Å². The molecule has 0 bridgehead atoms. The number of nitrogens with one attached hydrogen (secondary N) is 3. The molecule has 0 saturated heterocycles. The number of hydrogen-bond donors (Lipinski definition) is 5. The topological polar surface area (TPSA) is 209 Å². The minimum Gasteiger partial charge on any atom is -0.396 e. The molecule has 0 saturated carbocycles. The number of rotatable bonds is 23. The maximum Gasteiger partial charge on any atom is 0.226 e. The number of nitrogens with zero attached hydrogens (tertiary/aromatic N) is 3. The lowest BCUT2D eigenvalue weighted by Crippen LogP contribution is -2.50. The highest BCUT2D eigenvalue weighted by Gasteiger charge is 2.47. The van der Waals surface area contributed by atoms with Crippen LogP contribution in [0.3, 0.4) is 0 Å². The number of ether oxygens (including phenoxy) is 1. The van der Waals surface area contributed by atoms with Crippen LogP contribution < -0.4 is 21.7 Å². The van der Waals surface area contributed by atoms with Crippen molar-refractivity contribution in [2.24, 2.45) is 27.1 Å². The molecule has 0 aromatic heterocycles. The van der Waals surface area contributed by atoms with Gasteiger partial charge in [-0.1, -0.05) is 39.7 Å². The molecular weight excluding hydrogens is 518 g/mol. The molecule has 0 aliphatic heterocycles. The van der Waals surface area contributed by atoms with E-state index in [1.54, 1.807) is 20.8 Å². The lowest BCUT2D eigenvalue weighted by molar-refractivity contribution is -0.141. The van der Waals surface area contributed by atoms with Crippen LogP contribution in [0.5, 0.6) is 0 Å². The Labute approximate surface area is 238 Å². The Morgan fingerprint density at radius 2 is 1.45 bits per heavy atom. The van der Waals surface area contributed by atoms with Gasteiger partial charge in [-0.15, -0.1) is 0 Å². The minimum absolute atomic E-state index is 0.120. The van der Waals surface area contributed by atoms with E-state index in [0.717, 1.165) is 12.8 Å². The molecule has 0 rings (SSSR count). The van der Waals surface area contributed by atoms with E-state index in [1.165, 1.54) is 0 Å². The Morgan fingerprint density at radius 3 is 2.02 bits per heavy atom. The van der Waals surface area contributed by atoms with Crippen LogP contribution in [0.1, 0.15) is 86.0 Å². The molecule has 13 nitrogen and oxygen atoms in total. The predicted molar refractivity (Wildman–Crippen MR) is 153 cm³/mol. The minimum atomic E-state index is -1.04. The summed E-state index contributed by atoms with van der Waals surface area (Å²) in [5.74, 6) is -1.29. The molecule has 0 aliphatic carbocycles. The number of aliphatic hydroxyl groups excluding tert-OH is 1. The van der Waals surface area contributed by atoms with Crippen molar-refractivity contribution in [3.8, 4) is 0 Å². The fourth-order valence-corrected chi connectivity index (χ4v) is 4.60. The highest BCUT2D eigenvalue weighted by molar-refractivity contribution is 5.87. The zero-order valence-corrected chi connectivity index (χ0v) is 25.0. The van der Waals surface area contributed by atoms with E-state index in [1.807, 2.05) is 13.8 Å². The maximum atomic E-state index is 13.5. The van der Waals surface area contributed by atoms with Crippen LogP contribution >= 0.6 is 0 Å². The van der Waals surface area contributed by atoms with Gasteiger partial charge in [0, 0.05) is 54.0 Å². The number of azide groups is 1. The molecule has 6 N–H and O–H groups in total. The molecule has 13 heteroatoms. The highest BCUT2D eigenvalue weighted by Crippen LogP contribution is 2.44. The Bertz CT molecular complexity index is 862. The first-order chi connectivity index (χ1) is 18.8. The number of amides is 4. The summed E-state index contributed by atoms with van der Waals surface area (Å²) in [4.78, 5) is 52.9. The largest absolute Gasteiger partial charge is 0.396 e. The van der Waals surface area contributed by atoms with Gasteiger partial charge in [-0.3, -0.25) is 19.2 Å². The van der Waals surface area contributed by atoms with E-state index in [4.69, 9.17) is 21.1 Å². The van der Waals surface area contributed by atoms with Crippen LogP contribution in [-0.2, 0) is 23.9 Å². The first-order valence-corrected chi connectivity index (χ1v) is 14.1. The van der Waals surface area contributed by atoms with Crippen molar-refractivity contribution < 1.29 is 29.0 Å². The molecule has 2 atom stereocenters. The molecule has 230 valence electrons. The van der Waals surface area contributed by atoms with Gasteiger partial charge in [-0.05, 0) is 56.9 Å². The smallest absolute Gasteiger partial charge is 0.226 e. The van der Waals surface area contributed by atoms with Gasteiger partial charge in [0.1, 0.15) is 6.54 Å². The fraction of sp³-hybridized carbons (Fsp3) is 0.852. The van der Waals surface area contributed by atoms with Crippen LogP contribution in [0.25, 0.3) is 10.4 Å². The second-order valence-corrected chi connectivity index (χ2v) is 11.4. The predicted octanol–water partition coefficient (Wildman–Crippen LogP) is 2.32. The van der Waals surface area contributed by atoms with Gasteiger partial charge in [-0.25, -0.2) is 0 Å². The molecule has 0 aromatic rings. The van der Waals surface area contributed by atoms with Crippen molar-refractivity contribution in [1.82, 2.24) is 16.0 Å². The van der Waals surface area contributed by atoms with Gasteiger partial charge in [-0.2, -0.15) is 0 Å². The quantitative estimate of drug-likeness (QED) is 0.0539. The number of aliphatic hydroxyl groups is 1. The zero-order valence-electron chi connectivity index (χ0n) is 25.0. The fourth-order valence-electron chi connectivity index (χ4n) is 4.60. The normalized spacial score (nSPS) is 14.2. The molecular formula is C27H51N7O6. The first-order valence-electron chi connectivity index (χ1n) is 14.1. The average Bonchev–Trinajstić information content (AvgIpc) is 2.89. The summed E-state index contributed by atoms with van der Waals surface area (Å²) < 4.78 is 5.49. The summed E-state index contributed by atoms with van der Waals surface area (Å²) in [5.41, 5.74) is 11.0. The molecule has 0 aliphatic rings. The summed E-state index contributed by atoms with van der Waals surface area (Å²) in [7, 11) is 0. The Kier molecular flexibility index (Phi) is 17.8. The number of unbranched alkanes of at least 4 members (excludes halogenated alkanes) is 3. The van der Waals surface area contributed by atoms with E-state index in [-0.39, 0.29) is 43.7 Å². The highest BCUT2D eigenvalue weighted by atomic mass is 16.5. The number of carbonyl (C=O) groups is 4. The van der Waals surface area contributed by atoms with Gasteiger partial charge < -0.3 is 31.5 Å². The molecule has 40 heavy (non-hydrogen) atoms. The molecule has 0 aromatic carbocycles. The lowest BCUT2D eigenvalue weighted by Gasteiger charge is -2.40. The summed E-state index contributed by atoms with van der Waals surface area (Å²) >= 11 is 0. The second kappa shape index (κ2) is 19.2. The number of primary amides is 1. The summed E-state index contributed by atoms with van der Waals surface area (Å²) in [6, 6.07) is 0. The second-order valence-electron chi connectivity index (χ2n) is 11.4. The van der Waals surface area contributed by atoms with Crippen molar-refractivity contribution >= 4 is 23.6 Å². The Hall–Kier alpha value is -2.89. The summed E-state index contributed by atoms with van der Waals surface area (Å²) in [5, 5.41) is 20.6. The zero-order chi connectivity index (χ0) is 30.7. The summed E-state index contributed by atoms with van der Waals surface area (Å²) in [6.45, 7) is 10.8. The third kappa shape index (κ3) is 14.5. The van der Waals surface area contributed by atoms with Crippen molar-refractivity contribution in [1.29, 1.82) is 0 Å². The standard InChI is InChI=1S/C27H51N7O6/c1-6-26(4,23(38)32-14-17-40-16-11-10-15-35)20-27(5,19-25(2,3)22(28)37)24(39)31-13-9-7-8-12-30-21(36)18-33-34-29/h35H,6-20H2,1-5H3,(H2,28,37)(H,30,36)(H,31,39)(H,32,38). The molecule has 0 fully saturated rings. The maximum absolute atomic E-state index is 13.5. The monoisotopic (exact) mass is 569 g/mol. The Balaban J connectivity index is 5.14. The van der Waals surface area contributed by atoms with E-state index in [9.17, 15) is 19.2 Å². The average molecular weight is 570 g/mol. The third-order valence-electron chi connectivity index (χ3n) is 7.12. The number of hydrogen-bond acceptors (Lipinski definition) is 7. The van der Waals surface area contributed by atoms with E-state index in [0.29, 0.717) is 58.5 Å². The van der Waals surface area contributed by atoms with Crippen LogP contribution in [0.15, 0.2) is 5.11 Å². The van der Waals surface area contributed by atoms with Gasteiger partial charge in [0.05, 0.1) is 6.61 Å². The van der Waals surface area contributed by atoms with Gasteiger partial charge >= 0.3 is 0 Å². The van der Waals surface area contributed by atoms with Crippen LogP contribution in [0.2, 0.25) is 0 Å². The molecule has 0 radical (unpaired) electrons. The van der Waals surface area contributed by atoms with Crippen molar-refractivity contribution in [3.05, 3.63) is 10.4 Å². The molecule has 0 spiro atoms.